The second kappa shape index (κ2) is 6.76. The highest BCUT2D eigenvalue weighted by Crippen LogP contribution is 2.46. The van der Waals surface area contributed by atoms with Crippen LogP contribution in [-0.4, -0.2) is 34.0 Å². The summed E-state index contributed by atoms with van der Waals surface area (Å²) >= 11 is 1.47. The van der Waals surface area contributed by atoms with Crippen LogP contribution in [0.25, 0.3) is 0 Å². The Morgan fingerprint density at radius 2 is 1.92 bits per heavy atom. The average molecular weight is 384 g/mol. The molecule has 3 heterocycles. The molecule has 0 bridgehead atoms. The van der Waals surface area contributed by atoms with Crippen LogP contribution in [0.1, 0.15) is 5.56 Å². The van der Waals surface area contributed by atoms with Crippen LogP contribution < -0.4 is 10.6 Å². The minimum atomic E-state index is -0.765. The van der Waals surface area contributed by atoms with Crippen molar-refractivity contribution in [1.82, 2.24) is 9.97 Å². The van der Waals surface area contributed by atoms with Crippen molar-refractivity contribution in [1.29, 1.82) is 0 Å². The van der Waals surface area contributed by atoms with Crippen LogP contribution in [-0.2, 0) is 5.54 Å². The van der Waals surface area contributed by atoms with E-state index in [1.807, 2.05) is 4.90 Å². The molecule has 0 unspecified atom stereocenters. The van der Waals surface area contributed by atoms with E-state index < -0.39 is 11.4 Å². The molecular weight excluding hydrogens is 368 g/mol. The number of fused-ring (bicyclic) bond motifs is 1. The predicted molar refractivity (Wildman–Crippen MR) is 97.1 cm³/mol. The predicted octanol–water partition coefficient (Wildman–Crippen LogP) is 2.57. The summed E-state index contributed by atoms with van der Waals surface area (Å²) in [5.74, 6) is 0.437. The molecule has 2 atom stereocenters. The summed E-state index contributed by atoms with van der Waals surface area (Å²) in [6.45, 7) is 1.02. The molecule has 0 aliphatic carbocycles. The van der Waals surface area contributed by atoms with Crippen LogP contribution >= 0.6 is 24.2 Å². The Kier molecular flexibility index (Phi) is 4.83. The zero-order valence-corrected chi connectivity index (χ0v) is 14.7. The Morgan fingerprint density at radius 1 is 1.20 bits per heavy atom. The number of amidine groups is 1. The molecule has 0 radical (unpaired) electrons. The van der Waals surface area contributed by atoms with Gasteiger partial charge in [-0.1, -0.05) is 30.0 Å². The van der Waals surface area contributed by atoms with Gasteiger partial charge in [-0.25, -0.2) is 23.7 Å². The standard InChI is InChI=1S/C16H15F2N5S.ClH/c17-11-5-20-15(21-6-11)23-7-10-8-24-14(19)22-16(10,9-23)12-3-1-2-4-13(12)18;/h1-6,10H,7-9H2,(H2,19,22);1H/t10-,16-;/m0./s1. The first-order chi connectivity index (χ1) is 11.6. The lowest BCUT2D eigenvalue weighted by molar-refractivity contribution is 0.371. The zero-order chi connectivity index (χ0) is 16.7. The maximum atomic E-state index is 14.5. The average Bonchev–Trinajstić information content (AvgIpc) is 2.95. The van der Waals surface area contributed by atoms with E-state index in [1.54, 1.807) is 18.2 Å². The Balaban J connectivity index is 0.00000182. The highest BCUT2D eigenvalue weighted by molar-refractivity contribution is 8.13. The van der Waals surface area contributed by atoms with E-state index in [4.69, 9.17) is 5.73 Å². The van der Waals surface area contributed by atoms with Crippen molar-refractivity contribution >= 4 is 35.3 Å². The number of halogens is 3. The van der Waals surface area contributed by atoms with Crippen LogP contribution in [0.15, 0.2) is 41.7 Å². The topological polar surface area (TPSA) is 67.4 Å². The van der Waals surface area contributed by atoms with Gasteiger partial charge in [0.2, 0.25) is 5.95 Å². The molecule has 5 nitrogen and oxygen atoms in total. The lowest BCUT2D eigenvalue weighted by Gasteiger charge is -2.34. The molecule has 9 heteroatoms. The third kappa shape index (κ3) is 3.04. The number of nitrogens with two attached hydrogens (primary N) is 1. The van der Waals surface area contributed by atoms with E-state index in [0.29, 0.717) is 29.8 Å². The van der Waals surface area contributed by atoms with Gasteiger partial charge in [0.25, 0.3) is 0 Å². The third-order valence-electron chi connectivity index (χ3n) is 4.52. The first kappa shape index (κ1) is 17.9. The Bertz CT molecular complexity index is 803. The maximum Gasteiger partial charge on any atom is 0.225 e. The van der Waals surface area contributed by atoms with Crippen LogP contribution in [0.3, 0.4) is 0 Å². The van der Waals surface area contributed by atoms with Gasteiger partial charge in [-0.3, -0.25) is 0 Å². The van der Waals surface area contributed by atoms with E-state index >= 15 is 0 Å². The second-order valence-corrected chi connectivity index (χ2v) is 6.98. The van der Waals surface area contributed by atoms with Crippen LogP contribution in [0.5, 0.6) is 0 Å². The van der Waals surface area contributed by atoms with Crippen molar-refractivity contribution in [2.45, 2.75) is 5.54 Å². The summed E-state index contributed by atoms with van der Waals surface area (Å²) in [5.41, 5.74) is 5.72. The largest absolute Gasteiger partial charge is 0.379 e. The molecule has 25 heavy (non-hydrogen) atoms. The molecule has 132 valence electrons. The summed E-state index contributed by atoms with van der Waals surface area (Å²) in [4.78, 5) is 14.6. The molecule has 2 N–H and O–H groups in total. The van der Waals surface area contributed by atoms with Crippen LogP contribution in [0, 0.1) is 17.6 Å². The number of benzene rings is 1. The molecule has 2 aliphatic heterocycles. The van der Waals surface area contributed by atoms with Gasteiger partial charge < -0.3 is 10.6 Å². The molecule has 2 aromatic rings. The Morgan fingerprint density at radius 3 is 2.64 bits per heavy atom. The number of thioether (sulfide) groups is 1. The molecular formula is C16H16ClF2N5S. The van der Waals surface area contributed by atoms with E-state index in [-0.39, 0.29) is 24.1 Å². The first-order valence-electron chi connectivity index (χ1n) is 7.54. The van der Waals surface area contributed by atoms with Gasteiger partial charge in [-0.05, 0) is 6.07 Å². The third-order valence-corrected chi connectivity index (χ3v) is 5.48. The summed E-state index contributed by atoms with van der Waals surface area (Å²) in [7, 11) is 0. The Labute approximate surface area is 154 Å². The number of rotatable bonds is 2. The fraction of sp³-hybridized carbons (Fsp3) is 0.312. The number of aliphatic imine (C=N–C) groups is 1. The molecule has 0 amide bonds. The summed E-state index contributed by atoms with van der Waals surface area (Å²) < 4.78 is 27.6. The van der Waals surface area contributed by atoms with Crippen molar-refractivity contribution < 1.29 is 8.78 Å². The molecule has 1 aromatic carbocycles. The van der Waals surface area contributed by atoms with Crippen molar-refractivity contribution in [3.63, 3.8) is 0 Å². The van der Waals surface area contributed by atoms with E-state index in [0.717, 1.165) is 18.1 Å². The molecule has 1 saturated heterocycles. The number of anilines is 1. The van der Waals surface area contributed by atoms with E-state index in [1.165, 1.54) is 17.8 Å². The smallest absolute Gasteiger partial charge is 0.225 e. The molecule has 4 rings (SSSR count). The number of aromatic nitrogens is 2. The normalized spacial score (nSPS) is 25.1. The maximum absolute atomic E-state index is 14.5. The van der Waals surface area contributed by atoms with Gasteiger partial charge in [-0.2, -0.15) is 0 Å². The number of hydrogen-bond acceptors (Lipinski definition) is 6. The Hall–Kier alpha value is -1.93. The van der Waals surface area contributed by atoms with Crippen molar-refractivity contribution in [2.24, 2.45) is 16.6 Å². The van der Waals surface area contributed by atoms with Gasteiger partial charge in [0.15, 0.2) is 11.0 Å². The van der Waals surface area contributed by atoms with E-state index in [2.05, 4.69) is 15.0 Å². The number of hydrogen-bond donors (Lipinski definition) is 1. The van der Waals surface area contributed by atoms with Crippen molar-refractivity contribution in [3.8, 4) is 0 Å². The van der Waals surface area contributed by atoms with Crippen molar-refractivity contribution in [2.75, 3.05) is 23.7 Å². The van der Waals surface area contributed by atoms with Crippen LogP contribution in [0.2, 0.25) is 0 Å². The van der Waals surface area contributed by atoms with Gasteiger partial charge in [-0.15, -0.1) is 12.4 Å². The highest BCUT2D eigenvalue weighted by Gasteiger charge is 2.51. The van der Waals surface area contributed by atoms with Gasteiger partial charge in [0.1, 0.15) is 11.4 Å². The highest BCUT2D eigenvalue weighted by atomic mass is 35.5. The zero-order valence-electron chi connectivity index (χ0n) is 13.1. The first-order valence-corrected chi connectivity index (χ1v) is 8.53. The SMILES string of the molecule is Cl.NC1=N[C@@]2(c3ccccc3F)CN(c3ncc(F)cn3)C[C@H]2CS1. The summed E-state index contributed by atoms with van der Waals surface area (Å²) in [6.07, 6.45) is 2.26. The minimum Gasteiger partial charge on any atom is -0.379 e. The van der Waals surface area contributed by atoms with Gasteiger partial charge in [0.05, 0.1) is 18.9 Å². The monoisotopic (exact) mass is 383 g/mol. The quantitative estimate of drug-likeness (QED) is 0.863. The van der Waals surface area contributed by atoms with Gasteiger partial charge >= 0.3 is 0 Å². The van der Waals surface area contributed by atoms with Crippen molar-refractivity contribution in [3.05, 3.63) is 53.9 Å². The summed E-state index contributed by atoms with van der Waals surface area (Å²) in [5, 5.41) is 0.455. The fourth-order valence-corrected chi connectivity index (χ4v) is 4.41. The van der Waals surface area contributed by atoms with Crippen LogP contribution in [0.4, 0.5) is 14.7 Å². The fourth-order valence-electron chi connectivity index (χ4n) is 3.43. The molecule has 1 fully saturated rings. The number of nitrogens with zero attached hydrogens (tertiary/aromatic N) is 4. The molecule has 2 aliphatic rings. The lowest BCUT2D eigenvalue weighted by atomic mass is 9.81. The molecule has 1 aromatic heterocycles. The second-order valence-electron chi connectivity index (χ2n) is 5.94. The summed E-state index contributed by atoms with van der Waals surface area (Å²) in [6, 6.07) is 6.65. The minimum absolute atomic E-state index is 0. The lowest BCUT2D eigenvalue weighted by Crippen LogP contribution is -2.40. The molecule has 0 spiro atoms. The molecule has 0 saturated carbocycles. The van der Waals surface area contributed by atoms with Gasteiger partial charge in [0, 0.05) is 23.8 Å². The van der Waals surface area contributed by atoms with E-state index in [9.17, 15) is 8.78 Å².